The van der Waals surface area contributed by atoms with Crippen molar-refractivity contribution in [3.8, 4) is 0 Å². The SMILES string of the molecule is CCCCCCCCC/C=C\C=C/CCCCCCCC(=O)OCC(COC(=O)CCCCCCCCCCC)OC(=O)CCCCCCC/C=C\CCCCCCCCC. The molecule has 0 spiro atoms. The molecule has 0 heterocycles. The highest BCUT2D eigenvalue weighted by Gasteiger charge is 2.19. The molecule has 0 aromatic rings. The van der Waals surface area contributed by atoms with Gasteiger partial charge in [0.15, 0.2) is 6.10 Å². The molecule has 0 radical (unpaired) electrons. The molecule has 6 nitrogen and oxygen atoms in total. The zero-order valence-electron chi connectivity index (χ0n) is 40.7. The minimum atomic E-state index is -0.778. The van der Waals surface area contributed by atoms with Crippen molar-refractivity contribution >= 4 is 17.9 Å². The monoisotopic (exact) mass is 857 g/mol. The molecule has 356 valence electrons. The van der Waals surface area contributed by atoms with Crippen molar-refractivity contribution in [2.45, 2.75) is 284 Å². The van der Waals surface area contributed by atoms with Crippen molar-refractivity contribution in [1.29, 1.82) is 0 Å². The first-order valence-electron chi connectivity index (χ1n) is 26.5. The van der Waals surface area contributed by atoms with Gasteiger partial charge >= 0.3 is 17.9 Å². The molecular formula is C55H100O6. The summed E-state index contributed by atoms with van der Waals surface area (Å²) in [7, 11) is 0. The third-order valence-electron chi connectivity index (χ3n) is 11.6. The van der Waals surface area contributed by atoms with Gasteiger partial charge in [0.1, 0.15) is 13.2 Å². The van der Waals surface area contributed by atoms with Gasteiger partial charge in [-0.25, -0.2) is 0 Å². The number of esters is 3. The molecule has 0 aromatic heterocycles. The van der Waals surface area contributed by atoms with E-state index in [1.165, 1.54) is 154 Å². The molecule has 6 heteroatoms. The highest BCUT2D eigenvalue weighted by atomic mass is 16.6. The van der Waals surface area contributed by atoms with E-state index in [0.717, 1.165) is 83.5 Å². The van der Waals surface area contributed by atoms with Crippen LogP contribution in [0.3, 0.4) is 0 Å². The van der Waals surface area contributed by atoms with Gasteiger partial charge < -0.3 is 14.2 Å². The summed E-state index contributed by atoms with van der Waals surface area (Å²) in [5, 5.41) is 0. The van der Waals surface area contributed by atoms with E-state index in [9.17, 15) is 14.4 Å². The van der Waals surface area contributed by atoms with Crippen LogP contribution in [0.15, 0.2) is 36.5 Å². The second-order valence-corrected chi connectivity index (χ2v) is 17.8. The maximum atomic E-state index is 12.8. The predicted octanol–water partition coefficient (Wildman–Crippen LogP) is 17.3. The fourth-order valence-corrected chi connectivity index (χ4v) is 7.60. The number of hydrogen-bond donors (Lipinski definition) is 0. The maximum Gasteiger partial charge on any atom is 0.306 e. The normalized spacial score (nSPS) is 12.2. The molecule has 0 fully saturated rings. The Morgan fingerprint density at radius 2 is 0.590 bits per heavy atom. The average Bonchev–Trinajstić information content (AvgIpc) is 3.26. The van der Waals surface area contributed by atoms with E-state index in [0.29, 0.717) is 19.3 Å². The van der Waals surface area contributed by atoms with Crippen molar-refractivity contribution in [3.63, 3.8) is 0 Å². The smallest absolute Gasteiger partial charge is 0.306 e. The Labute approximate surface area is 378 Å². The summed E-state index contributed by atoms with van der Waals surface area (Å²) < 4.78 is 16.8. The first kappa shape index (κ1) is 58.6. The van der Waals surface area contributed by atoms with E-state index in [1.807, 2.05) is 0 Å². The van der Waals surface area contributed by atoms with E-state index < -0.39 is 6.10 Å². The van der Waals surface area contributed by atoms with Crippen LogP contribution in [0.2, 0.25) is 0 Å². The van der Waals surface area contributed by atoms with Crippen LogP contribution < -0.4 is 0 Å². The third kappa shape index (κ3) is 48.5. The minimum absolute atomic E-state index is 0.0782. The molecule has 0 N–H and O–H groups in total. The Morgan fingerprint density at radius 3 is 0.918 bits per heavy atom. The molecule has 0 saturated carbocycles. The molecule has 0 bridgehead atoms. The van der Waals surface area contributed by atoms with E-state index in [-0.39, 0.29) is 31.1 Å². The van der Waals surface area contributed by atoms with Crippen LogP contribution >= 0.6 is 0 Å². The Hall–Kier alpha value is -2.37. The number of allylic oxidation sites excluding steroid dienone is 6. The van der Waals surface area contributed by atoms with Gasteiger partial charge in [-0.1, -0.05) is 224 Å². The number of ether oxygens (including phenoxy) is 3. The molecule has 0 amide bonds. The van der Waals surface area contributed by atoms with Gasteiger partial charge in [-0.05, 0) is 70.6 Å². The summed E-state index contributed by atoms with van der Waals surface area (Å²) in [6.45, 7) is 6.61. The van der Waals surface area contributed by atoms with Crippen LogP contribution in [0.4, 0.5) is 0 Å². The number of rotatable bonds is 48. The molecular weight excluding hydrogens is 757 g/mol. The summed E-state index contributed by atoms with van der Waals surface area (Å²) in [4.78, 5) is 37.9. The second kappa shape index (κ2) is 50.3. The predicted molar refractivity (Wildman–Crippen MR) is 261 cm³/mol. The highest BCUT2D eigenvalue weighted by molar-refractivity contribution is 5.71. The largest absolute Gasteiger partial charge is 0.462 e. The summed E-state index contributed by atoms with van der Waals surface area (Å²) in [6, 6.07) is 0. The summed E-state index contributed by atoms with van der Waals surface area (Å²) in [6.07, 6.45) is 58.5. The van der Waals surface area contributed by atoms with Crippen LogP contribution in [0, 0.1) is 0 Å². The Morgan fingerprint density at radius 1 is 0.328 bits per heavy atom. The molecule has 0 saturated heterocycles. The lowest BCUT2D eigenvalue weighted by molar-refractivity contribution is -0.167. The lowest BCUT2D eigenvalue weighted by Crippen LogP contribution is -2.30. The Kier molecular flexibility index (Phi) is 48.3. The van der Waals surface area contributed by atoms with Gasteiger partial charge in [0, 0.05) is 19.3 Å². The lowest BCUT2D eigenvalue weighted by atomic mass is 10.1. The van der Waals surface area contributed by atoms with Crippen molar-refractivity contribution in [3.05, 3.63) is 36.5 Å². The van der Waals surface area contributed by atoms with Crippen LogP contribution in [0.5, 0.6) is 0 Å². The van der Waals surface area contributed by atoms with E-state index in [2.05, 4.69) is 57.2 Å². The highest BCUT2D eigenvalue weighted by Crippen LogP contribution is 2.15. The zero-order chi connectivity index (χ0) is 44.4. The van der Waals surface area contributed by atoms with Crippen LogP contribution in [0.25, 0.3) is 0 Å². The molecule has 1 atom stereocenters. The minimum Gasteiger partial charge on any atom is -0.462 e. The lowest BCUT2D eigenvalue weighted by Gasteiger charge is -2.18. The van der Waals surface area contributed by atoms with Crippen molar-refractivity contribution < 1.29 is 28.6 Å². The number of carbonyl (C=O) groups is 3. The molecule has 0 rings (SSSR count). The van der Waals surface area contributed by atoms with Gasteiger partial charge in [-0.3, -0.25) is 14.4 Å². The van der Waals surface area contributed by atoms with E-state index >= 15 is 0 Å². The Balaban J connectivity index is 4.33. The summed E-state index contributed by atoms with van der Waals surface area (Å²) in [5.74, 6) is -0.895. The van der Waals surface area contributed by atoms with Crippen LogP contribution in [0.1, 0.15) is 278 Å². The molecule has 1 unspecified atom stereocenters. The van der Waals surface area contributed by atoms with Crippen molar-refractivity contribution in [2.75, 3.05) is 13.2 Å². The Bertz CT molecular complexity index is 1030. The number of unbranched alkanes of at least 4 members (excludes halogenated alkanes) is 32. The first-order chi connectivity index (χ1) is 30.0. The number of carbonyl (C=O) groups excluding carboxylic acids is 3. The number of hydrogen-bond acceptors (Lipinski definition) is 6. The van der Waals surface area contributed by atoms with Gasteiger partial charge in [0.2, 0.25) is 0 Å². The van der Waals surface area contributed by atoms with E-state index in [4.69, 9.17) is 14.2 Å². The topological polar surface area (TPSA) is 78.9 Å². The molecule has 61 heavy (non-hydrogen) atoms. The van der Waals surface area contributed by atoms with Crippen molar-refractivity contribution in [2.24, 2.45) is 0 Å². The molecule has 0 aliphatic carbocycles. The van der Waals surface area contributed by atoms with Crippen LogP contribution in [-0.2, 0) is 28.6 Å². The first-order valence-corrected chi connectivity index (χ1v) is 26.5. The van der Waals surface area contributed by atoms with Gasteiger partial charge in [0.05, 0.1) is 0 Å². The third-order valence-corrected chi connectivity index (χ3v) is 11.6. The fraction of sp³-hybridized carbons (Fsp3) is 0.836. The van der Waals surface area contributed by atoms with Gasteiger partial charge in [-0.15, -0.1) is 0 Å². The van der Waals surface area contributed by atoms with E-state index in [1.54, 1.807) is 0 Å². The molecule has 0 aromatic carbocycles. The summed E-state index contributed by atoms with van der Waals surface area (Å²) in [5.41, 5.74) is 0. The van der Waals surface area contributed by atoms with Crippen LogP contribution in [-0.4, -0.2) is 37.2 Å². The molecule has 0 aliphatic heterocycles. The fourth-order valence-electron chi connectivity index (χ4n) is 7.60. The van der Waals surface area contributed by atoms with Crippen molar-refractivity contribution in [1.82, 2.24) is 0 Å². The average molecular weight is 857 g/mol. The summed E-state index contributed by atoms with van der Waals surface area (Å²) >= 11 is 0. The zero-order valence-corrected chi connectivity index (χ0v) is 40.7. The standard InChI is InChI=1S/C55H100O6/c1-4-7-10-13-16-19-21-23-25-27-28-30-31-33-36-39-42-45-48-54(57)60-51-52(50-59-53(56)47-44-41-38-35-18-15-12-9-6-3)61-55(58)49-46-43-40-37-34-32-29-26-24-22-20-17-14-11-8-5-2/h25-30,52H,4-24,31-51H2,1-3H3/b27-25-,29-26-,30-28-. The molecule has 0 aliphatic rings. The van der Waals surface area contributed by atoms with Gasteiger partial charge in [-0.2, -0.15) is 0 Å². The second-order valence-electron chi connectivity index (χ2n) is 17.8. The van der Waals surface area contributed by atoms with Gasteiger partial charge in [0.25, 0.3) is 0 Å². The maximum absolute atomic E-state index is 12.8. The quantitative estimate of drug-likeness (QED) is 0.0199.